The molecule has 3 N–H and O–H groups in total. The van der Waals surface area contributed by atoms with Gasteiger partial charge in [-0.2, -0.15) is 0 Å². The van der Waals surface area contributed by atoms with Gasteiger partial charge >= 0.3 is 0 Å². The number of para-hydroxylation sites is 1. The van der Waals surface area contributed by atoms with E-state index in [1.807, 2.05) is 37.3 Å². The summed E-state index contributed by atoms with van der Waals surface area (Å²) in [6.07, 6.45) is 2.58. The third-order valence-electron chi connectivity index (χ3n) is 5.23. The van der Waals surface area contributed by atoms with Crippen LogP contribution in [0.5, 0.6) is 0 Å². The molecule has 3 aromatic rings. The SMILES string of the molecule is Cc1cccc(Cl)c1NC(=O)c1cnc(Nc2cccc(NCCCN3CCOCC3)n2)s1. The van der Waals surface area contributed by atoms with E-state index in [4.69, 9.17) is 16.3 Å². The molecule has 2 aromatic heterocycles. The van der Waals surface area contributed by atoms with Gasteiger partial charge in [0.2, 0.25) is 0 Å². The Labute approximate surface area is 202 Å². The first-order valence-electron chi connectivity index (χ1n) is 10.9. The van der Waals surface area contributed by atoms with Crippen LogP contribution in [0.25, 0.3) is 0 Å². The number of nitrogens with zero attached hydrogens (tertiary/aromatic N) is 3. The first-order valence-corrected chi connectivity index (χ1v) is 12.1. The number of amides is 1. The molecule has 33 heavy (non-hydrogen) atoms. The summed E-state index contributed by atoms with van der Waals surface area (Å²) < 4.78 is 5.38. The lowest BCUT2D eigenvalue weighted by Gasteiger charge is -2.26. The van der Waals surface area contributed by atoms with Gasteiger partial charge in [0.05, 0.1) is 30.1 Å². The van der Waals surface area contributed by atoms with Gasteiger partial charge in [-0.3, -0.25) is 9.69 Å². The Morgan fingerprint density at radius 3 is 2.79 bits per heavy atom. The van der Waals surface area contributed by atoms with E-state index in [2.05, 4.69) is 30.8 Å². The van der Waals surface area contributed by atoms with Crippen LogP contribution in [0.15, 0.2) is 42.6 Å². The molecule has 0 atom stereocenters. The molecule has 1 aliphatic rings. The Hall–Kier alpha value is -2.72. The van der Waals surface area contributed by atoms with Crippen LogP contribution in [0.2, 0.25) is 5.02 Å². The zero-order valence-electron chi connectivity index (χ0n) is 18.4. The van der Waals surface area contributed by atoms with Crippen LogP contribution in [0, 0.1) is 6.92 Å². The van der Waals surface area contributed by atoms with Crippen LogP contribution in [-0.2, 0) is 4.74 Å². The fraction of sp³-hybridized carbons (Fsp3) is 0.348. The third kappa shape index (κ3) is 6.64. The van der Waals surface area contributed by atoms with Crippen molar-refractivity contribution >= 4 is 51.3 Å². The summed E-state index contributed by atoms with van der Waals surface area (Å²) in [7, 11) is 0. The molecule has 8 nitrogen and oxygen atoms in total. The zero-order chi connectivity index (χ0) is 23.0. The van der Waals surface area contributed by atoms with Gasteiger partial charge in [-0.05, 0) is 43.7 Å². The van der Waals surface area contributed by atoms with Crippen LogP contribution in [0.1, 0.15) is 21.7 Å². The molecule has 0 aliphatic carbocycles. The number of halogens is 1. The van der Waals surface area contributed by atoms with Crippen molar-refractivity contribution in [2.24, 2.45) is 0 Å². The lowest BCUT2D eigenvalue weighted by Crippen LogP contribution is -2.37. The summed E-state index contributed by atoms with van der Waals surface area (Å²) in [4.78, 5) is 24.4. The fourth-order valence-corrected chi connectivity index (χ4v) is 4.45. The molecule has 1 fully saturated rings. The maximum atomic E-state index is 12.6. The quantitative estimate of drug-likeness (QED) is 0.380. The van der Waals surface area contributed by atoms with Crippen molar-refractivity contribution in [2.45, 2.75) is 13.3 Å². The van der Waals surface area contributed by atoms with E-state index < -0.39 is 0 Å². The van der Waals surface area contributed by atoms with Crippen LogP contribution in [0.3, 0.4) is 0 Å². The molecule has 0 unspecified atom stereocenters. The number of hydrogen-bond acceptors (Lipinski definition) is 8. The van der Waals surface area contributed by atoms with Crippen molar-refractivity contribution in [3.05, 3.63) is 58.1 Å². The van der Waals surface area contributed by atoms with Crippen LogP contribution >= 0.6 is 22.9 Å². The highest BCUT2D eigenvalue weighted by Gasteiger charge is 2.14. The van der Waals surface area contributed by atoms with Crippen molar-refractivity contribution in [1.82, 2.24) is 14.9 Å². The lowest BCUT2D eigenvalue weighted by molar-refractivity contribution is 0.0378. The molecule has 1 saturated heterocycles. The molecule has 174 valence electrons. The minimum atomic E-state index is -0.250. The van der Waals surface area contributed by atoms with E-state index in [-0.39, 0.29) is 5.91 Å². The Morgan fingerprint density at radius 2 is 1.97 bits per heavy atom. The van der Waals surface area contributed by atoms with Gasteiger partial charge in [0.15, 0.2) is 5.13 Å². The number of anilines is 4. The standard InChI is InChI=1S/C23H27ClN6O2S/c1-16-5-2-6-17(24)21(16)29-22(31)18-15-26-23(33-18)28-20-8-3-7-19(27-20)25-9-4-10-30-11-13-32-14-12-30/h2-3,5-8,15H,4,9-14H2,1H3,(H,29,31)(H2,25,26,27,28). The van der Waals surface area contributed by atoms with Gasteiger partial charge in [-0.25, -0.2) is 9.97 Å². The van der Waals surface area contributed by atoms with E-state index in [1.165, 1.54) is 11.3 Å². The first kappa shape index (κ1) is 23.4. The number of aromatic nitrogens is 2. The van der Waals surface area contributed by atoms with Crippen molar-refractivity contribution < 1.29 is 9.53 Å². The van der Waals surface area contributed by atoms with Crippen LogP contribution < -0.4 is 16.0 Å². The third-order valence-corrected chi connectivity index (χ3v) is 6.46. The monoisotopic (exact) mass is 486 g/mol. The minimum Gasteiger partial charge on any atom is -0.379 e. The van der Waals surface area contributed by atoms with Gasteiger partial charge in [0, 0.05) is 19.6 Å². The molecular weight excluding hydrogens is 460 g/mol. The smallest absolute Gasteiger partial charge is 0.267 e. The van der Waals surface area contributed by atoms with E-state index in [9.17, 15) is 4.79 Å². The number of thiazole rings is 1. The number of carbonyl (C=O) groups excluding carboxylic acids is 1. The maximum absolute atomic E-state index is 12.6. The Bertz CT molecular complexity index is 1070. The average molecular weight is 487 g/mol. The highest BCUT2D eigenvalue weighted by Crippen LogP contribution is 2.28. The topological polar surface area (TPSA) is 91.4 Å². The molecular formula is C23H27ClN6O2S. The summed E-state index contributed by atoms with van der Waals surface area (Å²) in [5.41, 5.74) is 1.51. The predicted octanol–water partition coefficient (Wildman–Crippen LogP) is 4.63. The fourth-order valence-electron chi connectivity index (χ4n) is 3.46. The number of benzene rings is 1. The highest BCUT2D eigenvalue weighted by atomic mass is 35.5. The van der Waals surface area contributed by atoms with Crippen molar-refractivity contribution in [1.29, 1.82) is 0 Å². The predicted molar refractivity (Wildman–Crippen MR) is 134 cm³/mol. The average Bonchev–Trinajstić information content (AvgIpc) is 3.29. The van der Waals surface area contributed by atoms with Crippen molar-refractivity contribution in [3.63, 3.8) is 0 Å². The second-order valence-electron chi connectivity index (χ2n) is 7.68. The van der Waals surface area contributed by atoms with Gasteiger partial charge in [-0.15, -0.1) is 0 Å². The first-order chi connectivity index (χ1) is 16.1. The molecule has 0 bridgehead atoms. The summed E-state index contributed by atoms with van der Waals surface area (Å²) in [6.45, 7) is 7.44. The number of rotatable bonds is 9. The van der Waals surface area contributed by atoms with E-state index in [0.717, 1.165) is 57.2 Å². The second-order valence-corrected chi connectivity index (χ2v) is 9.12. The highest BCUT2D eigenvalue weighted by molar-refractivity contribution is 7.17. The van der Waals surface area contributed by atoms with Crippen molar-refractivity contribution in [2.75, 3.05) is 55.3 Å². The second kappa shape index (κ2) is 11.4. The molecule has 0 spiro atoms. The number of aryl methyl sites for hydroxylation is 1. The van der Waals surface area contributed by atoms with Gasteiger partial charge in [0.1, 0.15) is 16.5 Å². The molecule has 0 saturated carbocycles. The number of nitrogens with one attached hydrogen (secondary N) is 3. The molecule has 0 radical (unpaired) electrons. The van der Waals surface area contributed by atoms with E-state index in [0.29, 0.717) is 26.5 Å². The van der Waals surface area contributed by atoms with Crippen LogP contribution in [-0.4, -0.2) is 60.2 Å². The van der Waals surface area contributed by atoms with Gasteiger partial charge < -0.3 is 20.7 Å². The lowest BCUT2D eigenvalue weighted by atomic mass is 10.2. The Balaban J connectivity index is 1.29. The zero-order valence-corrected chi connectivity index (χ0v) is 20.0. The van der Waals surface area contributed by atoms with E-state index >= 15 is 0 Å². The normalized spacial score (nSPS) is 14.1. The van der Waals surface area contributed by atoms with E-state index in [1.54, 1.807) is 12.3 Å². The Kier molecular flexibility index (Phi) is 8.11. The number of pyridine rings is 1. The number of hydrogen-bond donors (Lipinski definition) is 3. The molecule has 1 aromatic carbocycles. The number of ether oxygens (including phenoxy) is 1. The molecule has 4 rings (SSSR count). The van der Waals surface area contributed by atoms with Gasteiger partial charge in [0.25, 0.3) is 5.91 Å². The molecule has 1 amide bonds. The number of carbonyl (C=O) groups is 1. The van der Waals surface area contributed by atoms with Gasteiger partial charge in [-0.1, -0.05) is 41.1 Å². The summed E-state index contributed by atoms with van der Waals surface area (Å²) in [5, 5.41) is 10.5. The maximum Gasteiger partial charge on any atom is 0.267 e. The summed E-state index contributed by atoms with van der Waals surface area (Å²) in [6, 6.07) is 11.2. The molecule has 1 aliphatic heterocycles. The minimum absolute atomic E-state index is 0.250. The molecule has 10 heteroatoms. The largest absolute Gasteiger partial charge is 0.379 e. The molecule has 3 heterocycles. The summed E-state index contributed by atoms with van der Waals surface area (Å²) >= 11 is 7.47. The number of morpholine rings is 1. The van der Waals surface area contributed by atoms with Crippen LogP contribution in [0.4, 0.5) is 22.5 Å². The Morgan fingerprint density at radius 1 is 1.18 bits per heavy atom. The summed E-state index contributed by atoms with van der Waals surface area (Å²) in [5.74, 6) is 1.21. The van der Waals surface area contributed by atoms with Crippen molar-refractivity contribution in [3.8, 4) is 0 Å².